The predicted molar refractivity (Wildman–Crippen MR) is 62.9 cm³/mol. The maximum atomic E-state index is 11.0. The van der Waals surface area contributed by atoms with Crippen molar-refractivity contribution in [1.82, 2.24) is 9.97 Å². The number of nitrogen functional groups attached to an aromatic ring is 1. The van der Waals surface area contributed by atoms with Gasteiger partial charge in [-0.05, 0) is 24.3 Å². The lowest BCUT2D eigenvalue weighted by Gasteiger charge is -2.05. The molecule has 1 heterocycles. The maximum Gasteiger partial charge on any atom is 0.326 e. The SMILES string of the molecule is Nc1ccc(OCc2cc(=O)[nH]c(=O)[nH]2)cc1. The smallest absolute Gasteiger partial charge is 0.326 e. The van der Waals surface area contributed by atoms with Gasteiger partial charge in [0.05, 0.1) is 5.69 Å². The molecule has 0 aliphatic rings. The van der Waals surface area contributed by atoms with Crippen molar-refractivity contribution < 1.29 is 4.74 Å². The fourth-order valence-corrected chi connectivity index (χ4v) is 1.32. The molecule has 0 atom stereocenters. The average molecular weight is 233 g/mol. The van der Waals surface area contributed by atoms with E-state index in [0.29, 0.717) is 17.1 Å². The number of nitrogens with two attached hydrogens (primary N) is 1. The highest BCUT2D eigenvalue weighted by atomic mass is 16.5. The molecule has 0 unspecified atom stereocenters. The van der Waals surface area contributed by atoms with Gasteiger partial charge in [0, 0.05) is 11.8 Å². The van der Waals surface area contributed by atoms with E-state index in [9.17, 15) is 9.59 Å². The number of ether oxygens (including phenoxy) is 1. The Hall–Kier alpha value is -2.50. The summed E-state index contributed by atoms with van der Waals surface area (Å²) in [4.78, 5) is 26.5. The molecule has 4 N–H and O–H groups in total. The standard InChI is InChI=1S/C11H11N3O3/c12-7-1-3-9(4-2-7)17-6-8-5-10(15)14-11(16)13-8/h1-5H,6,12H2,(H2,13,14,15,16). The van der Waals surface area contributed by atoms with Crippen LogP contribution in [0.2, 0.25) is 0 Å². The quantitative estimate of drug-likeness (QED) is 0.660. The van der Waals surface area contributed by atoms with Crippen molar-refractivity contribution in [2.75, 3.05) is 5.73 Å². The Kier molecular flexibility index (Phi) is 2.95. The lowest BCUT2D eigenvalue weighted by atomic mass is 10.3. The van der Waals surface area contributed by atoms with Gasteiger partial charge in [0.25, 0.3) is 5.56 Å². The van der Waals surface area contributed by atoms with E-state index in [1.54, 1.807) is 24.3 Å². The predicted octanol–water partition coefficient (Wildman–Crippen LogP) is 0.224. The number of hydrogen-bond donors (Lipinski definition) is 3. The molecule has 0 fully saturated rings. The molecule has 2 rings (SSSR count). The third-order valence-corrected chi connectivity index (χ3v) is 2.09. The molecule has 0 spiro atoms. The van der Waals surface area contributed by atoms with E-state index in [1.165, 1.54) is 6.07 Å². The first kappa shape index (κ1) is 11.0. The van der Waals surface area contributed by atoms with Crippen molar-refractivity contribution in [2.24, 2.45) is 0 Å². The Balaban J connectivity index is 2.09. The second kappa shape index (κ2) is 4.56. The maximum absolute atomic E-state index is 11.0. The van der Waals surface area contributed by atoms with Gasteiger partial charge in [-0.2, -0.15) is 0 Å². The summed E-state index contributed by atoms with van der Waals surface area (Å²) >= 11 is 0. The van der Waals surface area contributed by atoms with Crippen LogP contribution in [0, 0.1) is 0 Å². The molecule has 0 aliphatic heterocycles. The van der Waals surface area contributed by atoms with Crippen molar-refractivity contribution in [2.45, 2.75) is 6.61 Å². The topological polar surface area (TPSA) is 101 Å². The summed E-state index contributed by atoms with van der Waals surface area (Å²) in [6.45, 7) is 0.114. The van der Waals surface area contributed by atoms with Gasteiger partial charge in [-0.1, -0.05) is 0 Å². The van der Waals surface area contributed by atoms with E-state index in [-0.39, 0.29) is 6.61 Å². The molecular weight excluding hydrogens is 222 g/mol. The van der Waals surface area contributed by atoms with Gasteiger partial charge in [0.1, 0.15) is 12.4 Å². The zero-order valence-corrected chi connectivity index (χ0v) is 8.90. The first-order chi connectivity index (χ1) is 8.13. The molecule has 88 valence electrons. The van der Waals surface area contributed by atoms with Crippen LogP contribution < -0.4 is 21.7 Å². The van der Waals surface area contributed by atoms with Crippen LogP contribution in [-0.4, -0.2) is 9.97 Å². The van der Waals surface area contributed by atoms with E-state index in [1.807, 2.05) is 0 Å². The van der Waals surface area contributed by atoms with E-state index < -0.39 is 11.2 Å². The first-order valence-electron chi connectivity index (χ1n) is 4.94. The molecule has 0 bridgehead atoms. The molecule has 0 saturated carbocycles. The van der Waals surface area contributed by atoms with Crippen molar-refractivity contribution in [1.29, 1.82) is 0 Å². The molecule has 0 saturated heterocycles. The summed E-state index contributed by atoms with van der Waals surface area (Å²) in [6, 6.07) is 8.10. The molecular formula is C11H11N3O3. The number of rotatable bonds is 3. The van der Waals surface area contributed by atoms with E-state index in [2.05, 4.69) is 9.97 Å². The largest absolute Gasteiger partial charge is 0.487 e. The van der Waals surface area contributed by atoms with Crippen LogP contribution in [0.25, 0.3) is 0 Å². The fourth-order valence-electron chi connectivity index (χ4n) is 1.32. The lowest BCUT2D eigenvalue weighted by Crippen LogP contribution is -2.23. The zero-order valence-electron chi connectivity index (χ0n) is 8.90. The summed E-state index contributed by atoms with van der Waals surface area (Å²) in [5, 5.41) is 0. The highest BCUT2D eigenvalue weighted by molar-refractivity contribution is 5.41. The van der Waals surface area contributed by atoms with Crippen molar-refractivity contribution >= 4 is 5.69 Å². The fraction of sp³-hybridized carbons (Fsp3) is 0.0909. The Bertz CT molecular complexity index is 585. The van der Waals surface area contributed by atoms with Crippen LogP contribution in [0.1, 0.15) is 5.69 Å². The van der Waals surface area contributed by atoms with Crippen LogP contribution >= 0.6 is 0 Å². The van der Waals surface area contributed by atoms with E-state index in [4.69, 9.17) is 10.5 Å². The monoisotopic (exact) mass is 233 g/mol. The Morgan fingerprint density at radius 1 is 1.12 bits per heavy atom. The number of anilines is 1. The molecule has 6 heteroatoms. The van der Waals surface area contributed by atoms with Crippen molar-refractivity contribution in [3.63, 3.8) is 0 Å². The number of aromatic amines is 2. The minimum Gasteiger partial charge on any atom is -0.487 e. The van der Waals surface area contributed by atoms with Gasteiger partial charge < -0.3 is 15.5 Å². The second-order valence-electron chi connectivity index (χ2n) is 3.47. The third-order valence-electron chi connectivity index (χ3n) is 2.09. The number of aromatic nitrogens is 2. The van der Waals surface area contributed by atoms with Crippen molar-refractivity contribution in [3.8, 4) is 5.75 Å². The first-order valence-corrected chi connectivity index (χ1v) is 4.94. The van der Waals surface area contributed by atoms with Crippen LogP contribution in [-0.2, 0) is 6.61 Å². The number of benzene rings is 1. The number of hydrogen-bond acceptors (Lipinski definition) is 4. The van der Waals surface area contributed by atoms with Gasteiger partial charge in [0.2, 0.25) is 0 Å². The highest BCUT2D eigenvalue weighted by Crippen LogP contribution is 2.13. The minimum atomic E-state index is -0.548. The number of nitrogens with one attached hydrogen (secondary N) is 2. The lowest BCUT2D eigenvalue weighted by molar-refractivity contribution is 0.300. The normalized spacial score (nSPS) is 10.1. The van der Waals surface area contributed by atoms with Crippen molar-refractivity contribution in [3.05, 3.63) is 56.9 Å². The second-order valence-corrected chi connectivity index (χ2v) is 3.47. The van der Waals surface area contributed by atoms with Crippen LogP contribution in [0.15, 0.2) is 39.9 Å². The van der Waals surface area contributed by atoms with E-state index in [0.717, 1.165) is 0 Å². The zero-order chi connectivity index (χ0) is 12.3. The Morgan fingerprint density at radius 2 is 1.82 bits per heavy atom. The molecule has 0 amide bonds. The van der Waals surface area contributed by atoms with Gasteiger partial charge in [0.15, 0.2) is 0 Å². The van der Waals surface area contributed by atoms with Crippen LogP contribution in [0.4, 0.5) is 5.69 Å². The highest BCUT2D eigenvalue weighted by Gasteiger charge is 1.98. The van der Waals surface area contributed by atoms with Gasteiger partial charge in [-0.3, -0.25) is 9.78 Å². The average Bonchev–Trinajstić information content (AvgIpc) is 2.27. The van der Waals surface area contributed by atoms with Gasteiger partial charge in [-0.25, -0.2) is 4.79 Å². The molecule has 1 aromatic heterocycles. The molecule has 17 heavy (non-hydrogen) atoms. The molecule has 0 aliphatic carbocycles. The number of H-pyrrole nitrogens is 2. The van der Waals surface area contributed by atoms with Gasteiger partial charge in [-0.15, -0.1) is 0 Å². The van der Waals surface area contributed by atoms with Gasteiger partial charge >= 0.3 is 5.69 Å². The summed E-state index contributed by atoms with van der Waals surface area (Å²) in [5.74, 6) is 0.611. The Morgan fingerprint density at radius 3 is 2.47 bits per heavy atom. The summed E-state index contributed by atoms with van der Waals surface area (Å²) < 4.78 is 5.38. The molecule has 0 radical (unpaired) electrons. The summed E-state index contributed by atoms with van der Waals surface area (Å²) in [6.07, 6.45) is 0. The summed E-state index contributed by atoms with van der Waals surface area (Å²) in [5.41, 5.74) is 5.58. The van der Waals surface area contributed by atoms with Crippen LogP contribution in [0.5, 0.6) is 5.75 Å². The molecule has 1 aromatic carbocycles. The summed E-state index contributed by atoms with van der Waals surface area (Å²) in [7, 11) is 0. The minimum absolute atomic E-state index is 0.114. The third kappa shape index (κ3) is 2.97. The molecule has 2 aromatic rings. The molecule has 6 nitrogen and oxygen atoms in total. The van der Waals surface area contributed by atoms with Crippen LogP contribution in [0.3, 0.4) is 0 Å². The Labute approximate surface area is 96.1 Å². The van der Waals surface area contributed by atoms with E-state index >= 15 is 0 Å².